The van der Waals surface area contributed by atoms with Gasteiger partial charge in [0.25, 0.3) is 5.91 Å². The van der Waals surface area contributed by atoms with Crippen LogP contribution in [0.1, 0.15) is 22.3 Å². The maximum absolute atomic E-state index is 12.4. The first-order valence-electron chi connectivity index (χ1n) is 6.92. The fraction of sp³-hybridized carbons (Fsp3) is 0.267. The topological polar surface area (TPSA) is 84.2 Å². The van der Waals surface area contributed by atoms with E-state index in [4.69, 9.17) is 5.11 Å². The average Bonchev–Trinajstić information content (AvgIpc) is 2.98. The Morgan fingerprint density at radius 2 is 1.96 bits per heavy atom. The van der Waals surface area contributed by atoms with Crippen molar-refractivity contribution in [3.05, 3.63) is 53.9 Å². The molecule has 0 aliphatic rings. The lowest BCUT2D eigenvalue weighted by molar-refractivity contribution is -0.157. The van der Waals surface area contributed by atoms with Crippen LogP contribution in [0, 0.1) is 0 Å². The zero-order valence-electron chi connectivity index (χ0n) is 12.3. The Hall–Kier alpha value is -2.84. The number of alkyl halides is 3. The van der Waals surface area contributed by atoms with Gasteiger partial charge in [-0.15, -0.1) is 0 Å². The predicted octanol–water partition coefficient (Wildman–Crippen LogP) is 2.07. The van der Waals surface area contributed by atoms with E-state index < -0.39 is 30.5 Å². The number of aromatic nitrogens is 2. The van der Waals surface area contributed by atoms with Crippen molar-refractivity contribution in [1.29, 1.82) is 0 Å². The molecule has 0 spiro atoms. The van der Waals surface area contributed by atoms with Crippen LogP contribution in [0.15, 0.2) is 42.7 Å². The van der Waals surface area contributed by atoms with Gasteiger partial charge in [-0.1, -0.05) is 18.2 Å². The molecule has 0 saturated carbocycles. The number of carbonyl (C=O) groups is 2. The normalized spacial score (nSPS) is 12.6. The number of carboxylic acid groups (broad SMARTS) is 1. The van der Waals surface area contributed by atoms with E-state index in [9.17, 15) is 22.8 Å². The van der Waals surface area contributed by atoms with Gasteiger partial charge in [-0.2, -0.15) is 18.3 Å². The standard InChI is InChI=1S/C15H14F3N3O3/c16-15(17,18)8-12(14(23)24)20-13(22)11-5-2-1-4-10(11)9-21-7-3-6-19-21/h1-7,12H,8-9H2,(H,20,22)(H,23,24). The molecule has 1 amide bonds. The highest BCUT2D eigenvalue weighted by molar-refractivity contribution is 5.97. The molecular weight excluding hydrogens is 327 g/mol. The fourth-order valence-electron chi connectivity index (χ4n) is 2.12. The molecule has 6 nitrogen and oxygen atoms in total. The highest BCUT2D eigenvalue weighted by Crippen LogP contribution is 2.22. The second kappa shape index (κ2) is 7.16. The van der Waals surface area contributed by atoms with Crippen LogP contribution in [0.25, 0.3) is 0 Å². The zero-order valence-corrected chi connectivity index (χ0v) is 12.3. The number of nitrogens with zero attached hydrogens (tertiary/aromatic N) is 2. The molecule has 1 aromatic heterocycles. The van der Waals surface area contributed by atoms with Crippen LogP contribution in [0.4, 0.5) is 13.2 Å². The van der Waals surface area contributed by atoms with Gasteiger partial charge >= 0.3 is 12.1 Å². The zero-order chi connectivity index (χ0) is 17.7. The molecule has 1 heterocycles. The largest absolute Gasteiger partial charge is 0.480 e. The van der Waals surface area contributed by atoms with Gasteiger partial charge in [-0.3, -0.25) is 9.48 Å². The molecule has 1 atom stereocenters. The number of carbonyl (C=O) groups excluding carboxylic acids is 1. The van der Waals surface area contributed by atoms with Crippen molar-refractivity contribution in [3.63, 3.8) is 0 Å². The maximum Gasteiger partial charge on any atom is 0.391 e. The van der Waals surface area contributed by atoms with Crippen LogP contribution in [-0.2, 0) is 11.3 Å². The summed E-state index contributed by atoms with van der Waals surface area (Å²) in [5.74, 6) is -2.63. The Bertz CT molecular complexity index is 714. The van der Waals surface area contributed by atoms with Crippen LogP contribution in [-0.4, -0.2) is 39.0 Å². The van der Waals surface area contributed by atoms with Crippen LogP contribution in [0.3, 0.4) is 0 Å². The minimum atomic E-state index is -4.70. The monoisotopic (exact) mass is 341 g/mol. The quantitative estimate of drug-likeness (QED) is 0.842. The summed E-state index contributed by atoms with van der Waals surface area (Å²) in [5.41, 5.74) is 0.608. The predicted molar refractivity (Wildman–Crippen MR) is 77.3 cm³/mol. The van der Waals surface area contributed by atoms with Crippen molar-refractivity contribution in [2.45, 2.75) is 25.2 Å². The molecule has 2 aromatic rings. The molecule has 0 aliphatic heterocycles. The maximum atomic E-state index is 12.4. The van der Waals surface area contributed by atoms with Gasteiger partial charge in [-0.25, -0.2) is 4.79 Å². The van der Waals surface area contributed by atoms with Crippen LogP contribution < -0.4 is 5.32 Å². The summed E-state index contributed by atoms with van der Waals surface area (Å²) >= 11 is 0. The van der Waals surface area contributed by atoms with E-state index in [1.807, 2.05) is 5.32 Å². The molecule has 0 aliphatic carbocycles. The van der Waals surface area contributed by atoms with Crippen molar-refractivity contribution in [2.24, 2.45) is 0 Å². The second-order valence-corrected chi connectivity index (χ2v) is 5.04. The van der Waals surface area contributed by atoms with Crippen molar-refractivity contribution >= 4 is 11.9 Å². The molecular formula is C15H14F3N3O3. The summed E-state index contributed by atoms with van der Waals surface area (Å²) in [6.07, 6.45) is -3.13. The molecule has 2 N–H and O–H groups in total. The first kappa shape index (κ1) is 17.5. The third-order valence-corrected chi connectivity index (χ3v) is 3.19. The number of nitrogens with one attached hydrogen (secondary N) is 1. The number of aliphatic carboxylic acids is 1. The van der Waals surface area contributed by atoms with Crippen molar-refractivity contribution < 1.29 is 27.9 Å². The number of benzene rings is 1. The Morgan fingerprint density at radius 3 is 2.54 bits per heavy atom. The Balaban J connectivity index is 2.18. The molecule has 2 rings (SSSR count). The molecule has 0 saturated heterocycles. The lowest BCUT2D eigenvalue weighted by Gasteiger charge is -2.17. The van der Waals surface area contributed by atoms with Gasteiger partial charge in [0.1, 0.15) is 6.04 Å². The minimum absolute atomic E-state index is 0.0985. The summed E-state index contributed by atoms with van der Waals surface area (Å²) in [5, 5.41) is 14.8. The molecule has 128 valence electrons. The number of carboxylic acids is 1. The summed E-state index contributed by atoms with van der Waals surface area (Å²) in [6.45, 7) is 0.230. The van der Waals surface area contributed by atoms with Crippen molar-refractivity contribution in [1.82, 2.24) is 15.1 Å². The Kier molecular flexibility index (Phi) is 5.22. The lowest BCUT2D eigenvalue weighted by Crippen LogP contribution is -2.43. The van der Waals surface area contributed by atoms with Gasteiger partial charge in [0.05, 0.1) is 13.0 Å². The number of amides is 1. The summed E-state index contributed by atoms with van der Waals surface area (Å²) in [6, 6.07) is 5.89. The first-order valence-corrected chi connectivity index (χ1v) is 6.92. The van der Waals surface area contributed by atoms with Gasteiger partial charge < -0.3 is 10.4 Å². The highest BCUT2D eigenvalue weighted by Gasteiger charge is 2.36. The third-order valence-electron chi connectivity index (χ3n) is 3.19. The fourth-order valence-corrected chi connectivity index (χ4v) is 2.12. The number of rotatable bonds is 6. The summed E-state index contributed by atoms with van der Waals surface area (Å²) in [4.78, 5) is 23.2. The molecule has 1 unspecified atom stereocenters. The molecule has 24 heavy (non-hydrogen) atoms. The number of halogens is 3. The SMILES string of the molecule is O=C(NC(CC(F)(F)F)C(=O)O)c1ccccc1Cn1cccn1. The van der Waals surface area contributed by atoms with E-state index in [1.54, 1.807) is 36.7 Å². The second-order valence-electron chi connectivity index (χ2n) is 5.04. The van der Waals surface area contributed by atoms with Crippen molar-refractivity contribution in [2.75, 3.05) is 0 Å². The molecule has 0 fully saturated rings. The van der Waals surface area contributed by atoms with E-state index >= 15 is 0 Å². The third kappa shape index (κ3) is 4.83. The molecule has 1 aromatic carbocycles. The lowest BCUT2D eigenvalue weighted by atomic mass is 10.1. The first-order chi connectivity index (χ1) is 11.3. The van der Waals surface area contributed by atoms with Gasteiger partial charge in [0.2, 0.25) is 0 Å². The van der Waals surface area contributed by atoms with E-state index in [0.717, 1.165) is 0 Å². The van der Waals surface area contributed by atoms with E-state index in [-0.39, 0.29) is 12.1 Å². The van der Waals surface area contributed by atoms with Crippen LogP contribution in [0.5, 0.6) is 0 Å². The number of hydrogen-bond donors (Lipinski definition) is 2. The van der Waals surface area contributed by atoms with Gasteiger partial charge in [0.15, 0.2) is 0 Å². The Morgan fingerprint density at radius 1 is 1.25 bits per heavy atom. The van der Waals surface area contributed by atoms with E-state index in [1.165, 1.54) is 10.7 Å². The summed E-state index contributed by atoms with van der Waals surface area (Å²) in [7, 11) is 0. The minimum Gasteiger partial charge on any atom is -0.480 e. The highest BCUT2D eigenvalue weighted by atomic mass is 19.4. The number of hydrogen-bond acceptors (Lipinski definition) is 3. The van der Waals surface area contributed by atoms with E-state index in [2.05, 4.69) is 5.10 Å². The molecule has 9 heteroatoms. The van der Waals surface area contributed by atoms with Crippen molar-refractivity contribution in [3.8, 4) is 0 Å². The Labute approximate surface area is 134 Å². The smallest absolute Gasteiger partial charge is 0.391 e. The van der Waals surface area contributed by atoms with E-state index in [0.29, 0.717) is 5.56 Å². The van der Waals surface area contributed by atoms with Gasteiger partial charge in [0, 0.05) is 18.0 Å². The van der Waals surface area contributed by atoms with Crippen LogP contribution in [0.2, 0.25) is 0 Å². The summed E-state index contributed by atoms with van der Waals surface area (Å²) < 4.78 is 38.8. The molecule has 0 radical (unpaired) electrons. The average molecular weight is 341 g/mol. The van der Waals surface area contributed by atoms with Gasteiger partial charge in [-0.05, 0) is 17.7 Å². The molecule has 0 bridgehead atoms. The van der Waals surface area contributed by atoms with Crippen LogP contribution >= 0.6 is 0 Å².